The monoisotopic (exact) mass is 234 g/mol. The van der Waals surface area contributed by atoms with Crippen LogP contribution in [0.2, 0.25) is 0 Å². The highest BCUT2D eigenvalue weighted by Gasteiger charge is 2.40. The highest BCUT2D eigenvalue weighted by Crippen LogP contribution is 2.34. The normalized spacial score (nSPS) is 24.7. The van der Waals surface area contributed by atoms with Crippen molar-refractivity contribution >= 4 is 11.6 Å². The van der Waals surface area contributed by atoms with Crippen molar-refractivity contribution in [3.8, 4) is 0 Å². The number of nitrogen functional groups attached to an aromatic ring is 1. The van der Waals surface area contributed by atoms with Crippen molar-refractivity contribution in [2.45, 2.75) is 38.5 Å². The number of likely N-dealkylation sites (tertiary alicyclic amines) is 1. The molecule has 1 aliphatic rings. The van der Waals surface area contributed by atoms with Crippen LogP contribution in [-0.2, 0) is 4.79 Å². The predicted molar refractivity (Wildman–Crippen MR) is 66.2 cm³/mol. The number of rotatable bonds is 2. The Morgan fingerprint density at radius 1 is 1.35 bits per heavy atom. The molecule has 0 radical (unpaired) electrons. The largest absolute Gasteiger partial charge is 0.399 e. The molecule has 1 aromatic rings. The quantitative estimate of drug-likeness (QED) is 0.758. The van der Waals surface area contributed by atoms with Crippen LogP contribution in [0.25, 0.3) is 0 Å². The van der Waals surface area contributed by atoms with Crippen LogP contribution in [0.3, 0.4) is 0 Å². The van der Waals surface area contributed by atoms with Crippen molar-refractivity contribution in [1.29, 1.82) is 0 Å². The van der Waals surface area contributed by atoms with E-state index in [0.717, 1.165) is 5.56 Å². The van der Waals surface area contributed by atoms with Gasteiger partial charge in [-0.1, -0.05) is 12.1 Å². The van der Waals surface area contributed by atoms with Crippen LogP contribution in [0.4, 0.5) is 5.69 Å². The summed E-state index contributed by atoms with van der Waals surface area (Å²) in [6.45, 7) is 3.92. The summed E-state index contributed by atoms with van der Waals surface area (Å²) in [6.07, 6.45) is -0.429. The summed E-state index contributed by atoms with van der Waals surface area (Å²) in [6, 6.07) is 7.17. The van der Waals surface area contributed by atoms with Gasteiger partial charge >= 0.3 is 0 Å². The van der Waals surface area contributed by atoms with Crippen molar-refractivity contribution in [3.63, 3.8) is 0 Å². The van der Waals surface area contributed by atoms with Gasteiger partial charge in [-0.15, -0.1) is 0 Å². The maximum absolute atomic E-state index is 11.8. The lowest BCUT2D eigenvalue weighted by Gasteiger charge is -2.30. The molecule has 0 spiro atoms. The van der Waals surface area contributed by atoms with E-state index >= 15 is 0 Å². The molecular formula is C13H18N2O2. The molecule has 1 fully saturated rings. The Bertz CT molecular complexity index is 414. The molecule has 4 heteroatoms. The zero-order valence-electron chi connectivity index (χ0n) is 10.1. The summed E-state index contributed by atoms with van der Waals surface area (Å²) in [4.78, 5) is 13.6. The van der Waals surface area contributed by atoms with E-state index in [0.29, 0.717) is 5.69 Å². The average Bonchev–Trinajstić information content (AvgIpc) is 2.55. The van der Waals surface area contributed by atoms with E-state index in [1.54, 1.807) is 17.0 Å². The molecule has 1 heterocycles. The first-order valence-corrected chi connectivity index (χ1v) is 5.85. The first kappa shape index (κ1) is 11.9. The third-order valence-corrected chi connectivity index (χ3v) is 3.17. The van der Waals surface area contributed by atoms with Gasteiger partial charge in [0.15, 0.2) is 0 Å². The summed E-state index contributed by atoms with van der Waals surface area (Å²) >= 11 is 0. The lowest BCUT2D eigenvalue weighted by molar-refractivity contribution is -0.130. The average molecular weight is 234 g/mol. The zero-order valence-corrected chi connectivity index (χ0v) is 10.1. The Balaban J connectivity index is 2.34. The summed E-state index contributed by atoms with van der Waals surface area (Å²) < 4.78 is 0. The minimum absolute atomic E-state index is 0.00863. The minimum Gasteiger partial charge on any atom is -0.399 e. The second kappa shape index (κ2) is 4.37. The molecule has 1 aliphatic heterocycles. The standard InChI is InChI=1S/C13H18N2O2/c1-8(2)15-12(17)7-11(16)13(15)9-3-5-10(14)6-4-9/h3-6,8,11,13,16H,7,14H2,1-2H3. The van der Waals surface area contributed by atoms with E-state index < -0.39 is 6.10 Å². The van der Waals surface area contributed by atoms with Crippen LogP contribution in [0.1, 0.15) is 31.9 Å². The number of anilines is 1. The Morgan fingerprint density at radius 2 is 1.94 bits per heavy atom. The topological polar surface area (TPSA) is 66.6 Å². The fraction of sp³-hybridized carbons (Fsp3) is 0.462. The maximum atomic E-state index is 11.8. The molecule has 0 saturated carbocycles. The SMILES string of the molecule is CC(C)N1C(=O)CC(O)C1c1ccc(N)cc1. The molecule has 0 aromatic heterocycles. The van der Waals surface area contributed by atoms with Gasteiger partial charge in [0.2, 0.25) is 5.91 Å². The zero-order chi connectivity index (χ0) is 12.6. The van der Waals surface area contributed by atoms with E-state index in [1.165, 1.54) is 0 Å². The van der Waals surface area contributed by atoms with Crippen LogP contribution in [0, 0.1) is 0 Å². The molecular weight excluding hydrogens is 216 g/mol. The van der Waals surface area contributed by atoms with Crippen LogP contribution in [0.15, 0.2) is 24.3 Å². The number of nitrogens with zero attached hydrogens (tertiary/aromatic N) is 1. The molecule has 92 valence electrons. The van der Waals surface area contributed by atoms with Crippen molar-refractivity contribution < 1.29 is 9.90 Å². The third kappa shape index (κ3) is 2.13. The Hall–Kier alpha value is -1.55. The van der Waals surface area contributed by atoms with Gasteiger partial charge in [-0.05, 0) is 31.5 Å². The van der Waals surface area contributed by atoms with E-state index in [1.807, 2.05) is 26.0 Å². The predicted octanol–water partition coefficient (Wildman–Crippen LogP) is 1.31. The van der Waals surface area contributed by atoms with Crippen molar-refractivity contribution in [2.75, 3.05) is 5.73 Å². The molecule has 2 rings (SSSR count). The van der Waals surface area contributed by atoms with Gasteiger partial charge in [0.25, 0.3) is 0 Å². The summed E-state index contributed by atoms with van der Waals surface area (Å²) in [5.41, 5.74) is 7.26. The molecule has 1 amide bonds. The number of amides is 1. The fourth-order valence-corrected chi connectivity index (χ4v) is 2.42. The fourth-order valence-electron chi connectivity index (χ4n) is 2.42. The molecule has 17 heavy (non-hydrogen) atoms. The van der Waals surface area contributed by atoms with Gasteiger partial charge in [0.05, 0.1) is 18.6 Å². The van der Waals surface area contributed by atoms with Gasteiger partial charge in [-0.25, -0.2) is 0 Å². The van der Waals surface area contributed by atoms with E-state index in [-0.39, 0.29) is 24.4 Å². The minimum atomic E-state index is -0.631. The van der Waals surface area contributed by atoms with Crippen LogP contribution in [-0.4, -0.2) is 28.1 Å². The lowest BCUT2D eigenvalue weighted by atomic mass is 10.0. The molecule has 2 unspecified atom stereocenters. The van der Waals surface area contributed by atoms with Gasteiger partial charge in [0.1, 0.15) is 0 Å². The smallest absolute Gasteiger partial charge is 0.226 e. The number of nitrogens with two attached hydrogens (primary N) is 1. The number of benzene rings is 1. The Labute approximate surface area is 101 Å². The maximum Gasteiger partial charge on any atom is 0.226 e. The molecule has 2 atom stereocenters. The first-order valence-electron chi connectivity index (χ1n) is 5.85. The number of carbonyl (C=O) groups excluding carboxylic acids is 1. The van der Waals surface area contributed by atoms with E-state index in [2.05, 4.69) is 0 Å². The van der Waals surface area contributed by atoms with Crippen LogP contribution >= 0.6 is 0 Å². The van der Waals surface area contributed by atoms with E-state index in [4.69, 9.17) is 5.73 Å². The second-order valence-electron chi connectivity index (χ2n) is 4.78. The van der Waals surface area contributed by atoms with Crippen molar-refractivity contribution in [2.24, 2.45) is 0 Å². The van der Waals surface area contributed by atoms with Gasteiger partial charge in [0, 0.05) is 11.7 Å². The molecule has 3 N–H and O–H groups in total. The molecule has 1 saturated heterocycles. The molecule has 0 bridgehead atoms. The molecule has 1 aromatic carbocycles. The number of carbonyl (C=O) groups is 1. The van der Waals surface area contributed by atoms with Crippen LogP contribution in [0.5, 0.6) is 0 Å². The summed E-state index contributed by atoms with van der Waals surface area (Å²) in [7, 11) is 0. The highest BCUT2D eigenvalue weighted by atomic mass is 16.3. The Kier molecular flexibility index (Phi) is 3.07. The van der Waals surface area contributed by atoms with Crippen molar-refractivity contribution in [1.82, 2.24) is 4.90 Å². The highest BCUT2D eigenvalue weighted by molar-refractivity contribution is 5.80. The summed E-state index contributed by atoms with van der Waals surface area (Å²) in [5.74, 6) is 0.00863. The third-order valence-electron chi connectivity index (χ3n) is 3.17. The number of aliphatic hydroxyl groups is 1. The van der Waals surface area contributed by atoms with Crippen molar-refractivity contribution in [3.05, 3.63) is 29.8 Å². The second-order valence-corrected chi connectivity index (χ2v) is 4.78. The number of hydrogen-bond acceptors (Lipinski definition) is 3. The molecule has 4 nitrogen and oxygen atoms in total. The number of aliphatic hydroxyl groups excluding tert-OH is 1. The first-order chi connectivity index (χ1) is 8.00. The van der Waals surface area contributed by atoms with Gasteiger partial charge in [-0.3, -0.25) is 4.79 Å². The molecule has 0 aliphatic carbocycles. The summed E-state index contributed by atoms with van der Waals surface area (Å²) in [5, 5.41) is 10.0. The van der Waals surface area contributed by atoms with Gasteiger partial charge < -0.3 is 15.7 Å². The van der Waals surface area contributed by atoms with Gasteiger partial charge in [-0.2, -0.15) is 0 Å². The lowest BCUT2D eigenvalue weighted by Crippen LogP contribution is -2.35. The van der Waals surface area contributed by atoms with E-state index in [9.17, 15) is 9.90 Å². The number of hydrogen-bond donors (Lipinski definition) is 2. The Morgan fingerprint density at radius 3 is 2.47 bits per heavy atom. The van der Waals surface area contributed by atoms with Crippen LogP contribution < -0.4 is 5.73 Å².